The van der Waals surface area contributed by atoms with E-state index >= 15 is 0 Å². The van der Waals surface area contributed by atoms with Gasteiger partial charge in [-0.3, -0.25) is 9.59 Å². The molecule has 5 nitrogen and oxygen atoms in total. The van der Waals surface area contributed by atoms with Crippen LogP contribution in [0.1, 0.15) is 16.7 Å². The maximum atomic E-state index is 13.4. The molecule has 0 saturated carbocycles. The van der Waals surface area contributed by atoms with Crippen LogP contribution in [-0.2, 0) is 22.6 Å². The van der Waals surface area contributed by atoms with Gasteiger partial charge >= 0.3 is 0 Å². The lowest BCUT2D eigenvalue weighted by atomic mass is 10.0. The first kappa shape index (κ1) is 24.6. The summed E-state index contributed by atoms with van der Waals surface area (Å²) in [6.45, 7) is 1.81. The molecule has 0 aliphatic carbocycles. The fourth-order valence-corrected chi connectivity index (χ4v) is 3.78. The number of likely N-dealkylation sites (N-methyl/N-ethyl adjacent to an activating group) is 1. The van der Waals surface area contributed by atoms with E-state index in [1.165, 1.54) is 4.90 Å². The summed E-state index contributed by atoms with van der Waals surface area (Å²) in [4.78, 5) is 27.8. The molecule has 2 amide bonds. The zero-order valence-electron chi connectivity index (χ0n) is 18.6. The van der Waals surface area contributed by atoms with E-state index in [9.17, 15) is 9.59 Å². The van der Waals surface area contributed by atoms with Gasteiger partial charge in [-0.15, -0.1) is 0 Å². The maximum Gasteiger partial charge on any atom is 0.261 e. The average Bonchev–Trinajstić information content (AvgIpc) is 2.83. The number of benzene rings is 3. The molecule has 1 N–H and O–H groups in total. The molecule has 3 rings (SSSR count). The van der Waals surface area contributed by atoms with Crippen molar-refractivity contribution in [3.8, 4) is 5.75 Å². The largest absolute Gasteiger partial charge is 0.484 e. The Balaban J connectivity index is 1.88. The van der Waals surface area contributed by atoms with Gasteiger partial charge < -0.3 is 15.0 Å². The first-order valence-corrected chi connectivity index (χ1v) is 11.3. The van der Waals surface area contributed by atoms with E-state index in [1.54, 1.807) is 31.3 Å². The summed E-state index contributed by atoms with van der Waals surface area (Å²) in [6, 6.07) is 21.3. The minimum Gasteiger partial charge on any atom is -0.484 e. The third-order valence-corrected chi connectivity index (χ3v) is 6.10. The molecule has 0 radical (unpaired) electrons. The molecule has 1 atom stereocenters. The van der Waals surface area contributed by atoms with E-state index in [0.717, 1.165) is 16.7 Å². The molecule has 0 spiro atoms. The SMILES string of the molecule is CNC(=O)[C@H](Cc1ccccc1)N(Cc1ccccc1Cl)C(=O)COc1ccc(Cl)c(C)c1. The summed E-state index contributed by atoms with van der Waals surface area (Å²) in [5, 5.41) is 3.84. The molecule has 0 saturated heterocycles. The van der Waals surface area contributed by atoms with Crippen LogP contribution in [0.3, 0.4) is 0 Å². The van der Waals surface area contributed by atoms with Gasteiger partial charge in [0.25, 0.3) is 5.91 Å². The Morgan fingerprint density at radius 2 is 1.67 bits per heavy atom. The summed E-state index contributed by atoms with van der Waals surface area (Å²) in [7, 11) is 1.56. The van der Waals surface area contributed by atoms with E-state index in [1.807, 2.05) is 55.5 Å². The van der Waals surface area contributed by atoms with Crippen LogP contribution in [0.2, 0.25) is 10.0 Å². The molecule has 0 aliphatic heterocycles. The first-order valence-electron chi connectivity index (χ1n) is 10.6. The first-order chi connectivity index (χ1) is 15.9. The van der Waals surface area contributed by atoms with Crippen molar-refractivity contribution < 1.29 is 14.3 Å². The maximum absolute atomic E-state index is 13.4. The van der Waals surface area contributed by atoms with Crippen LogP contribution < -0.4 is 10.1 Å². The number of ether oxygens (including phenoxy) is 1. The van der Waals surface area contributed by atoms with Crippen molar-refractivity contribution >= 4 is 35.0 Å². The molecule has 33 heavy (non-hydrogen) atoms. The highest BCUT2D eigenvalue weighted by atomic mass is 35.5. The Morgan fingerprint density at radius 1 is 0.970 bits per heavy atom. The lowest BCUT2D eigenvalue weighted by Gasteiger charge is -2.31. The number of aryl methyl sites for hydroxylation is 1. The number of carbonyl (C=O) groups is 2. The lowest BCUT2D eigenvalue weighted by molar-refractivity contribution is -0.142. The Kier molecular flexibility index (Phi) is 8.75. The number of nitrogens with one attached hydrogen (secondary N) is 1. The van der Waals surface area contributed by atoms with Gasteiger partial charge in [0.1, 0.15) is 11.8 Å². The van der Waals surface area contributed by atoms with Gasteiger partial charge in [0.05, 0.1) is 0 Å². The smallest absolute Gasteiger partial charge is 0.261 e. The van der Waals surface area contributed by atoms with Crippen LogP contribution >= 0.6 is 23.2 Å². The van der Waals surface area contributed by atoms with Gasteiger partial charge in [0.15, 0.2) is 6.61 Å². The van der Waals surface area contributed by atoms with Crippen LogP contribution in [0, 0.1) is 6.92 Å². The summed E-state index contributed by atoms with van der Waals surface area (Å²) in [5.41, 5.74) is 2.54. The van der Waals surface area contributed by atoms with Crippen molar-refractivity contribution in [2.75, 3.05) is 13.7 Å². The summed E-state index contributed by atoms with van der Waals surface area (Å²) < 4.78 is 5.75. The van der Waals surface area contributed by atoms with Gasteiger partial charge in [0, 0.05) is 30.1 Å². The average molecular weight is 485 g/mol. The zero-order chi connectivity index (χ0) is 23.8. The van der Waals surface area contributed by atoms with Crippen LogP contribution in [0.5, 0.6) is 5.75 Å². The minimum atomic E-state index is -0.739. The van der Waals surface area contributed by atoms with Gasteiger partial charge in [-0.2, -0.15) is 0 Å². The standard InChI is InChI=1S/C26H26Cl2N2O3/c1-18-14-21(12-13-22(18)27)33-17-25(31)30(16-20-10-6-7-11-23(20)28)24(26(32)29-2)15-19-8-4-3-5-9-19/h3-14,24H,15-17H2,1-2H3,(H,29,32)/t24-/m0/s1. The van der Waals surface area contributed by atoms with Crippen LogP contribution in [-0.4, -0.2) is 36.4 Å². The molecule has 0 bridgehead atoms. The van der Waals surface area contributed by atoms with Crippen molar-refractivity contribution in [1.29, 1.82) is 0 Å². The lowest BCUT2D eigenvalue weighted by Crippen LogP contribution is -2.51. The molecule has 0 heterocycles. The fraction of sp³-hybridized carbons (Fsp3) is 0.231. The topological polar surface area (TPSA) is 58.6 Å². The van der Waals surface area contributed by atoms with E-state index in [4.69, 9.17) is 27.9 Å². The summed E-state index contributed by atoms with van der Waals surface area (Å²) in [6.07, 6.45) is 0.358. The predicted octanol–water partition coefficient (Wildman–Crippen LogP) is 5.07. The molecular formula is C26H26Cl2N2O3. The fourth-order valence-electron chi connectivity index (χ4n) is 3.47. The van der Waals surface area contributed by atoms with Crippen molar-refractivity contribution in [2.45, 2.75) is 25.9 Å². The van der Waals surface area contributed by atoms with Crippen LogP contribution in [0.25, 0.3) is 0 Å². The highest BCUT2D eigenvalue weighted by Crippen LogP contribution is 2.23. The number of halogens is 2. The molecule has 3 aromatic carbocycles. The van der Waals surface area contributed by atoms with Crippen LogP contribution in [0.15, 0.2) is 72.8 Å². The highest BCUT2D eigenvalue weighted by Gasteiger charge is 2.30. The van der Waals surface area contributed by atoms with Crippen molar-refractivity contribution in [3.05, 3.63) is 99.5 Å². The van der Waals surface area contributed by atoms with E-state index in [-0.39, 0.29) is 25.0 Å². The second-order valence-corrected chi connectivity index (χ2v) is 8.45. The van der Waals surface area contributed by atoms with Crippen LogP contribution in [0.4, 0.5) is 0 Å². The molecule has 0 aliphatic rings. The number of carbonyl (C=O) groups excluding carboxylic acids is 2. The quantitative estimate of drug-likeness (QED) is 0.461. The summed E-state index contributed by atoms with van der Waals surface area (Å²) in [5.74, 6) is -0.0591. The number of rotatable bonds is 9. The Morgan fingerprint density at radius 3 is 2.33 bits per heavy atom. The predicted molar refractivity (Wildman–Crippen MR) is 132 cm³/mol. The van der Waals surface area contributed by atoms with Gasteiger partial charge in [0.2, 0.25) is 5.91 Å². The van der Waals surface area contributed by atoms with Gasteiger partial charge in [-0.05, 0) is 47.9 Å². The molecule has 3 aromatic rings. The molecule has 0 unspecified atom stereocenters. The normalized spacial score (nSPS) is 11.5. The van der Waals surface area contributed by atoms with E-state index in [2.05, 4.69) is 5.32 Å². The second kappa shape index (κ2) is 11.7. The highest BCUT2D eigenvalue weighted by molar-refractivity contribution is 6.31. The number of hydrogen-bond donors (Lipinski definition) is 1. The minimum absolute atomic E-state index is 0.173. The zero-order valence-corrected chi connectivity index (χ0v) is 20.1. The monoisotopic (exact) mass is 484 g/mol. The summed E-state index contributed by atoms with van der Waals surface area (Å²) >= 11 is 12.5. The van der Waals surface area contributed by atoms with Gasteiger partial charge in [-0.25, -0.2) is 0 Å². The van der Waals surface area contributed by atoms with E-state index in [0.29, 0.717) is 22.2 Å². The third-order valence-electron chi connectivity index (χ3n) is 5.31. The van der Waals surface area contributed by atoms with Crippen molar-refractivity contribution in [1.82, 2.24) is 10.2 Å². The number of hydrogen-bond acceptors (Lipinski definition) is 3. The van der Waals surface area contributed by atoms with E-state index < -0.39 is 6.04 Å². The molecule has 7 heteroatoms. The van der Waals surface area contributed by atoms with Crippen molar-refractivity contribution in [3.63, 3.8) is 0 Å². The number of amides is 2. The molecule has 0 aromatic heterocycles. The Hall–Kier alpha value is -3.02. The Labute approximate surface area is 204 Å². The van der Waals surface area contributed by atoms with Gasteiger partial charge in [-0.1, -0.05) is 71.7 Å². The molecular weight excluding hydrogens is 459 g/mol. The second-order valence-electron chi connectivity index (χ2n) is 7.63. The third kappa shape index (κ3) is 6.73. The Bertz CT molecular complexity index is 1110. The molecule has 172 valence electrons. The number of nitrogens with zero attached hydrogens (tertiary/aromatic N) is 1. The van der Waals surface area contributed by atoms with Crippen molar-refractivity contribution in [2.24, 2.45) is 0 Å². The molecule has 0 fully saturated rings.